The fraction of sp³-hybridized carbons (Fsp3) is 0. The minimum absolute atomic E-state index is 0. The summed E-state index contributed by atoms with van der Waals surface area (Å²) in [5.41, 5.74) is 0. The third-order valence-corrected chi connectivity index (χ3v) is 3.94. The summed E-state index contributed by atoms with van der Waals surface area (Å²) in [7, 11) is -4.40. The molecule has 3 nitrogen and oxygen atoms in total. The summed E-state index contributed by atoms with van der Waals surface area (Å²) in [5, 5.41) is 1.27. The predicted molar refractivity (Wildman–Crippen MR) is 64.6 cm³/mol. The number of rotatable bonds is 1. The van der Waals surface area contributed by atoms with Gasteiger partial charge in [-0.3, -0.25) is 0 Å². The van der Waals surface area contributed by atoms with Crippen LogP contribution < -0.4 is 29.6 Å². The summed E-state index contributed by atoms with van der Waals surface area (Å²) in [6.07, 6.45) is 0. The first-order valence-electron chi connectivity index (χ1n) is 4.13. The van der Waals surface area contributed by atoms with Gasteiger partial charge < -0.3 is 4.55 Å². The van der Waals surface area contributed by atoms with Crippen LogP contribution >= 0.6 is 22.6 Å². The predicted octanol–water partition coefficient (Wildman–Crippen LogP) is -0.647. The van der Waals surface area contributed by atoms with Crippen molar-refractivity contribution in [1.29, 1.82) is 0 Å². The average molecular weight is 356 g/mol. The third-order valence-electron chi connectivity index (χ3n) is 2.10. The molecule has 16 heavy (non-hydrogen) atoms. The molecule has 0 saturated heterocycles. The van der Waals surface area contributed by atoms with Gasteiger partial charge in [0, 0.05) is 8.96 Å². The van der Waals surface area contributed by atoms with Crippen LogP contribution in [0.1, 0.15) is 0 Å². The van der Waals surface area contributed by atoms with Crippen molar-refractivity contribution in [2.75, 3.05) is 0 Å². The normalized spacial score (nSPS) is 11.1. The van der Waals surface area contributed by atoms with Gasteiger partial charge in [0.25, 0.3) is 0 Å². The van der Waals surface area contributed by atoms with Crippen molar-refractivity contribution in [3.63, 3.8) is 0 Å². The Hall–Kier alpha value is 0.340. The van der Waals surface area contributed by atoms with E-state index in [9.17, 15) is 13.0 Å². The maximum Gasteiger partial charge on any atom is 1.00 e. The summed E-state index contributed by atoms with van der Waals surface area (Å²) in [6, 6.07) is 9.95. The molecule has 0 aromatic heterocycles. The van der Waals surface area contributed by atoms with Gasteiger partial charge in [-0.05, 0) is 40.1 Å². The molecule has 0 aliphatic rings. The Morgan fingerprint density at radius 3 is 2.12 bits per heavy atom. The monoisotopic (exact) mass is 356 g/mol. The second-order valence-corrected chi connectivity index (χ2v) is 5.56. The van der Waals surface area contributed by atoms with Crippen LogP contribution in [0.15, 0.2) is 41.3 Å². The van der Waals surface area contributed by atoms with E-state index in [0.717, 1.165) is 8.96 Å². The minimum atomic E-state index is -4.40. The topological polar surface area (TPSA) is 57.2 Å². The molecule has 0 aliphatic carbocycles. The molecule has 0 saturated carbocycles. The first kappa shape index (κ1) is 14.4. The number of halogens is 1. The summed E-state index contributed by atoms with van der Waals surface area (Å²) < 4.78 is 33.9. The summed E-state index contributed by atoms with van der Waals surface area (Å²) in [4.78, 5) is -0.154. The molecule has 2 aromatic carbocycles. The van der Waals surface area contributed by atoms with E-state index in [4.69, 9.17) is 0 Å². The van der Waals surface area contributed by atoms with Crippen LogP contribution in [0.25, 0.3) is 10.8 Å². The van der Waals surface area contributed by atoms with Gasteiger partial charge in [-0.15, -0.1) is 0 Å². The molecule has 0 N–H and O–H groups in total. The molecule has 0 unspecified atom stereocenters. The van der Waals surface area contributed by atoms with Gasteiger partial charge in [-0.1, -0.05) is 24.3 Å². The zero-order valence-corrected chi connectivity index (χ0v) is 13.4. The van der Waals surface area contributed by atoms with Crippen molar-refractivity contribution in [2.24, 2.45) is 0 Å². The maximum absolute atomic E-state index is 11.0. The van der Waals surface area contributed by atoms with Crippen molar-refractivity contribution in [1.82, 2.24) is 0 Å². The number of hydrogen-bond acceptors (Lipinski definition) is 3. The molecule has 0 aliphatic heterocycles. The van der Waals surface area contributed by atoms with E-state index >= 15 is 0 Å². The van der Waals surface area contributed by atoms with Gasteiger partial charge in [0.1, 0.15) is 10.1 Å². The van der Waals surface area contributed by atoms with E-state index in [2.05, 4.69) is 22.6 Å². The molecule has 0 spiro atoms. The van der Waals surface area contributed by atoms with E-state index in [1.807, 2.05) is 6.07 Å². The van der Waals surface area contributed by atoms with Crippen molar-refractivity contribution in [3.05, 3.63) is 40.0 Å². The van der Waals surface area contributed by atoms with Crippen LogP contribution in [0.2, 0.25) is 0 Å². The Kier molecular flexibility index (Phi) is 4.79. The van der Waals surface area contributed by atoms with E-state index in [-0.39, 0.29) is 34.5 Å². The van der Waals surface area contributed by atoms with Crippen LogP contribution in [-0.4, -0.2) is 13.0 Å². The first-order valence-corrected chi connectivity index (χ1v) is 6.62. The summed E-state index contributed by atoms with van der Waals surface area (Å²) in [5.74, 6) is 0. The molecular weight excluding hydrogens is 350 g/mol. The van der Waals surface area contributed by atoms with E-state index in [1.54, 1.807) is 24.3 Å². The van der Waals surface area contributed by atoms with Crippen LogP contribution in [0.5, 0.6) is 0 Å². The Balaban J connectivity index is 0.00000128. The molecular formula is C10H6INaO3S. The molecule has 0 fully saturated rings. The standard InChI is InChI=1S/C10H7IO3S.Na/c11-9-5-6-10(15(12,13)14)8-4-2-1-3-7(8)9;/h1-6H,(H,12,13,14);/q;+1/p-1. The number of benzene rings is 2. The van der Waals surface area contributed by atoms with Gasteiger partial charge in [-0.25, -0.2) is 8.42 Å². The number of hydrogen-bond donors (Lipinski definition) is 0. The zero-order valence-electron chi connectivity index (χ0n) is 8.48. The molecule has 0 amide bonds. The Morgan fingerprint density at radius 2 is 1.56 bits per heavy atom. The Morgan fingerprint density at radius 1 is 1.00 bits per heavy atom. The second kappa shape index (κ2) is 5.32. The Bertz CT molecular complexity index is 625. The second-order valence-electron chi connectivity index (χ2n) is 3.05. The van der Waals surface area contributed by atoms with E-state index in [0.29, 0.717) is 5.39 Å². The molecule has 0 atom stereocenters. The van der Waals surface area contributed by atoms with Gasteiger partial charge in [0.15, 0.2) is 0 Å². The maximum atomic E-state index is 11.0. The van der Waals surface area contributed by atoms with Crippen molar-refractivity contribution >= 4 is 43.5 Å². The van der Waals surface area contributed by atoms with Gasteiger partial charge in [0.05, 0.1) is 4.90 Å². The SMILES string of the molecule is O=S(=O)([O-])c1ccc(I)c2ccccc12.[Na+]. The van der Waals surface area contributed by atoms with Crippen molar-refractivity contribution in [3.8, 4) is 0 Å². The molecule has 2 aromatic rings. The fourth-order valence-electron chi connectivity index (χ4n) is 1.45. The molecule has 6 heteroatoms. The third kappa shape index (κ3) is 2.77. The molecule has 0 bridgehead atoms. The van der Waals surface area contributed by atoms with Crippen LogP contribution in [0.4, 0.5) is 0 Å². The quantitative estimate of drug-likeness (QED) is 0.388. The fourth-order valence-corrected chi connectivity index (χ4v) is 2.78. The number of fused-ring (bicyclic) bond motifs is 1. The average Bonchev–Trinajstić information content (AvgIpc) is 2.17. The van der Waals surface area contributed by atoms with Crippen LogP contribution in [0.3, 0.4) is 0 Å². The molecule has 0 heterocycles. The van der Waals surface area contributed by atoms with E-state index in [1.165, 1.54) is 6.07 Å². The minimum Gasteiger partial charge on any atom is -0.744 e. The smallest absolute Gasteiger partial charge is 0.744 e. The zero-order chi connectivity index (χ0) is 11.1. The summed E-state index contributed by atoms with van der Waals surface area (Å²) in [6.45, 7) is 0. The van der Waals surface area contributed by atoms with Crippen LogP contribution in [0, 0.1) is 3.57 Å². The van der Waals surface area contributed by atoms with Crippen molar-refractivity contribution in [2.45, 2.75) is 4.90 Å². The van der Waals surface area contributed by atoms with Gasteiger partial charge in [-0.2, -0.15) is 0 Å². The van der Waals surface area contributed by atoms with Crippen molar-refractivity contribution < 1.29 is 42.5 Å². The summed E-state index contributed by atoms with van der Waals surface area (Å²) >= 11 is 2.11. The van der Waals surface area contributed by atoms with E-state index < -0.39 is 10.1 Å². The molecule has 78 valence electrons. The Labute approximate surface area is 129 Å². The van der Waals surface area contributed by atoms with Crippen LogP contribution in [-0.2, 0) is 10.1 Å². The first-order chi connectivity index (χ1) is 7.00. The molecule has 0 radical (unpaired) electrons. The largest absolute Gasteiger partial charge is 1.00 e. The van der Waals surface area contributed by atoms with Gasteiger partial charge >= 0.3 is 29.6 Å². The van der Waals surface area contributed by atoms with Gasteiger partial charge in [0.2, 0.25) is 0 Å². The molecule has 2 rings (SSSR count).